The second-order valence-corrected chi connectivity index (χ2v) is 10.3. The standard InChI is InChI=1S/C10H10O.C8H9O3P.C8H8O3S/c1-2-8-3-5-9(6-4-8)10-7-11-10;2*1-2-7-3-5-8(6-4-7)12(9,10)11/h2-6,10H,1,7H2;2-6H,1H2,(H2,9,10,11);2-6H,1H2,(H,9,10,11). The van der Waals surface area contributed by atoms with Crippen LogP contribution in [-0.2, 0) is 19.4 Å². The van der Waals surface area contributed by atoms with E-state index in [9.17, 15) is 13.0 Å². The Kier molecular flexibility index (Phi) is 10.1. The van der Waals surface area contributed by atoms with Gasteiger partial charge in [-0.05, 0) is 46.5 Å². The SMILES string of the molecule is C=Cc1ccc(C2CO2)cc1.C=Cc1ccc(P(=O)(O)O)cc1.C=Cc1ccc(S(=O)(=O)O)cc1. The minimum absolute atomic E-state index is 0.0353. The van der Waals surface area contributed by atoms with Gasteiger partial charge in [-0.1, -0.05) is 86.5 Å². The summed E-state index contributed by atoms with van der Waals surface area (Å²) in [4.78, 5) is 17.4. The van der Waals surface area contributed by atoms with Gasteiger partial charge >= 0.3 is 7.60 Å². The molecule has 0 saturated carbocycles. The summed E-state index contributed by atoms with van der Waals surface area (Å²) in [6, 6.07) is 20.1. The van der Waals surface area contributed by atoms with Crippen LogP contribution in [0, 0.1) is 0 Å². The number of rotatable bonds is 6. The Morgan fingerprint density at radius 3 is 1.46 bits per heavy atom. The van der Waals surface area contributed by atoms with E-state index in [0.717, 1.165) is 23.3 Å². The molecule has 3 aromatic rings. The molecule has 184 valence electrons. The van der Waals surface area contributed by atoms with Crippen LogP contribution < -0.4 is 5.30 Å². The van der Waals surface area contributed by atoms with Gasteiger partial charge in [-0.3, -0.25) is 9.12 Å². The number of ether oxygens (including phenoxy) is 1. The fourth-order valence-corrected chi connectivity index (χ4v) is 3.69. The zero-order valence-electron chi connectivity index (χ0n) is 18.9. The normalized spacial score (nSPS) is 14.3. The van der Waals surface area contributed by atoms with Gasteiger partial charge in [0.15, 0.2) is 0 Å². The topological polar surface area (TPSA) is 124 Å². The summed E-state index contributed by atoms with van der Waals surface area (Å²) in [6.07, 6.45) is 5.42. The first-order valence-electron chi connectivity index (χ1n) is 10.3. The Hall–Kier alpha value is -3.10. The zero-order chi connectivity index (χ0) is 26.1. The molecule has 0 amide bonds. The van der Waals surface area contributed by atoms with Crippen LogP contribution in [0.4, 0.5) is 0 Å². The third-order valence-electron chi connectivity index (χ3n) is 4.76. The van der Waals surface area contributed by atoms with Crippen molar-refractivity contribution in [2.75, 3.05) is 6.61 Å². The van der Waals surface area contributed by atoms with E-state index in [0.29, 0.717) is 6.10 Å². The van der Waals surface area contributed by atoms with Crippen molar-refractivity contribution in [2.24, 2.45) is 0 Å². The highest BCUT2D eigenvalue weighted by atomic mass is 32.2. The van der Waals surface area contributed by atoms with E-state index >= 15 is 0 Å². The molecule has 0 radical (unpaired) electrons. The van der Waals surface area contributed by atoms with Crippen LogP contribution in [0.15, 0.2) is 97.4 Å². The molecular weight excluding hydrogens is 487 g/mol. The Bertz CT molecular complexity index is 1290. The Labute approximate surface area is 205 Å². The summed E-state index contributed by atoms with van der Waals surface area (Å²) in [5, 5.41) is 0.0353. The summed E-state index contributed by atoms with van der Waals surface area (Å²) >= 11 is 0. The maximum Gasteiger partial charge on any atom is 0.356 e. The maximum absolute atomic E-state index is 10.7. The van der Waals surface area contributed by atoms with E-state index < -0.39 is 17.7 Å². The van der Waals surface area contributed by atoms with Crippen LogP contribution in [0.2, 0.25) is 0 Å². The molecule has 1 heterocycles. The maximum atomic E-state index is 10.7. The van der Waals surface area contributed by atoms with Gasteiger partial charge < -0.3 is 14.5 Å². The second-order valence-electron chi connectivity index (χ2n) is 7.28. The minimum Gasteiger partial charge on any atom is -0.368 e. The van der Waals surface area contributed by atoms with Gasteiger partial charge in [-0.2, -0.15) is 8.42 Å². The van der Waals surface area contributed by atoms with Crippen molar-refractivity contribution in [3.05, 3.63) is 115 Å². The van der Waals surface area contributed by atoms with E-state index in [1.165, 1.54) is 29.8 Å². The summed E-state index contributed by atoms with van der Waals surface area (Å²) in [7, 11) is -8.14. The fraction of sp³-hybridized carbons (Fsp3) is 0.0769. The number of epoxide rings is 1. The van der Waals surface area contributed by atoms with E-state index in [-0.39, 0.29) is 10.2 Å². The van der Waals surface area contributed by atoms with Crippen LogP contribution in [0.25, 0.3) is 18.2 Å². The molecule has 1 aliphatic rings. The van der Waals surface area contributed by atoms with Crippen molar-refractivity contribution in [1.29, 1.82) is 0 Å². The molecule has 0 spiro atoms. The van der Waals surface area contributed by atoms with Gasteiger partial charge in [0.2, 0.25) is 0 Å². The zero-order valence-corrected chi connectivity index (χ0v) is 20.6. The molecule has 0 aliphatic carbocycles. The Balaban J connectivity index is 0.000000185. The number of benzene rings is 3. The van der Waals surface area contributed by atoms with Crippen LogP contribution in [0.5, 0.6) is 0 Å². The van der Waals surface area contributed by atoms with Gasteiger partial charge in [-0.15, -0.1) is 0 Å². The van der Waals surface area contributed by atoms with Crippen LogP contribution >= 0.6 is 7.60 Å². The smallest absolute Gasteiger partial charge is 0.356 e. The molecule has 9 heteroatoms. The Morgan fingerprint density at radius 1 is 0.771 bits per heavy atom. The highest BCUT2D eigenvalue weighted by Gasteiger charge is 2.23. The third-order valence-corrected chi connectivity index (χ3v) is 6.59. The van der Waals surface area contributed by atoms with Crippen molar-refractivity contribution >= 4 is 41.2 Å². The molecule has 35 heavy (non-hydrogen) atoms. The fourth-order valence-electron chi connectivity index (χ4n) is 2.67. The first-order valence-corrected chi connectivity index (χ1v) is 13.4. The lowest BCUT2D eigenvalue weighted by molar-refractivity contribution is 0.387. The highest BCUT2D eigenvalue weighted by molar-refractivity contribution is 7.85. The van der Waals surface area contributed by atoms with E-state index in [1.807, 2.05) is 6.08 Å². The molecule has 1 atom stereocenters. The average Bonchev–Trinajstić information content (AvgIpc) is 3.70. The van der Waals surface area contributed by atoms with Crippen molar-refractivity contribution in [2.45, 2.75) is 11.0 Å². The summed E-state index contributed by atoms with van der Waals surface area (Å²) < 4.78 is 45.6. The lowest BCUT2D eigenvalue weighted by Crippen LogP contribution is -2.02. The van der Waals surface area contributed by atoms with Crippen molar-refractivity contribution in [3.63, 3.8) is 0 Å². The Morgan fingerprint density at radius 2 is 1.14 bits per heavy atom. The van der Waals surface area contributed by atoms with E-state index in [1.54, 1.807) is 36.4 Å². The highest BCUT2D eigenvalue weighted by Crippen LogP contribution is 2.32. The predicted octanol–water partition coefficient (Wildman–Crippen LogP) is 5.11. The van der Waals surface area contributed by atoms with E-state index in [2.05, 4.69) is 44.0 Å². The largest absolute Gasteiger partial charge is 0.368 e. The number of hydrogen-bond donors (Lipinski definition) is 3. The van der Waals surface area contributed by atoms with E-state index in [4.69, 9.17) is 19.1 Å². The molecule has 1 unspecified atom stereocenters. The van der Waals surface area contributed by atoms with Crippen molar-refractivity contribution in [1.82, 2.24) is 0 Å². The summed E-state index contributed by atoms with van der Waals surface area (Å²) in [6.45, 7) is 11.6. The molecule has 1 saturated heterocycles. The first kappa shape index (κ1) is 28.1. The van der Waals surface area contributed by atoms with Crippen molar-refractivity contribution < 1.29 is 32.1 Å². The molecule has 3 N–H and O–H groups in total. The molecule has 4 rings (SSSR count). The predicted molar refractivity (Wildman–Crippen MR) is 140 cm³/mol. The molecular formula is C26H27O7PS. The minimum atomic E-state index is -4.08. The van der Waals surface area contributed by atoms with Crippen LogP contribution in [0.3, 0.4) is 0 Å². The monoisotopic (exact) mass is 514 g/mol. The molecule has 1 aliphatic heterocycles. The number of hydrogen-bond acceptors (Lipinski definition) is 4. The molecule has 7 nitrogen and oxygen atoms in total. The lowest BCUT2D eigenvalue weighted by atomic mass is 10.1. The van der Waals surface area contributed by atoms with Crippen LogP contribution in [0.1, 0.15) is 28.4 Å². The van der Waals surface area contributed by atoms with Crippen LogP contribution in [-0.4, -0.2) is 29.4 Å². The third kappa shape index (κ3) is 9.58. The van der Waals surface area contributed by atoms with Gasteiger partial charge in [-0.25, -0.2) is 0 Å². The second kappa shape index (κ2) is 12.6. The first-order chi connectivity index (χ1) is 16.5. The summed E-state index contributed by atoms with van der Waals surface area (Å²) in [5.74, 6) is 0. The van der Waals surface area contributed by atoms with Gasteiger partial charge in [0.05, 0.1) is 16.8 Å². The molecule has 1 fully saturated rings. The molecule has 3 aromatic carbocycles. The lowest BCUT2D eigenvalue weighted by Gasteiger charge is -2.02. The summed E-state index contributed by atoms with van der Waals surface area (Å²) in [5.41, 5.74) is 4.08. The molecule has 0 aromatic heterocycles. The van der Waals surface area contributed by atoms with Gasteiger partial charge in [0, 0.05) is 0 Å². The quantitative estimate of drug-likeness (QED) is 0.237. The van der Waals surface area contributed by atoms with Gasteiger partial charge in [0.1, 0.15) is 6.10 Å². The molecule has 0 bridgehead atoms. The van der Waals surface area contributed by atoms with Crippen molar-refractivity contribution in [3.8, 4) is 0 Å². The van der Waals surface area contributed by atoms with Gasteiger partial charge in [0.25, 0.3) is 10.1 Å². The average molecular weight is 515 g/mol.